The third-order valence-corrected chi connectivity index (χ3v) is 4.65. The molecule has 1 nitrogen and oxygen atoms in total. The largest absolute Gasteiger partial charge is 0.323 e. The van der Waals surface area contributed by atoms with E-state index in [4.69, 9.17) is 5.73 Å². The average molecular weight is 301 g/mol. The molecule has 0 bridgehead atoms. The maximum atomic E-state index is 13.7. The fourth-order valence-electron chi connectivity index (χ4n) is 2.14. The molecular weight excluding hydrogens is 290 g/mol. The van der Waals surface area contributed by atoms with E-state index in [9.17, 15) is 17.6 Å². The SMILES string of the molecule is NC(c1ccc(-c2c(F)c(F)cc(F)c2F)s1)C1CC1. The maximum absolute atomic E-state index is 13.7. The zero-order valence-electron chi connectivity index (χ0n) is 10.3. The van der Waals surface area contributed by atoms with Crippen LogP contribution in [0.4, 0.5) is 17.6 Å². The average Bonchev–Trinajstić information content (AvgIpc) is 3.15. The Balaban J connectivity index is 2.05. The lowest BCUT2D eigenvalue weighted by atomic mass is 10.1. The third kappa shape index (κ3) is 2.23. The lowest BCUT2D eigenvalue weighted by Gasteiger charge is -2.07. The molecule has 0 radical (unpaired) electrons. The van der Waals surface area contributed by atoms with E-state index in [1.54, 1.807) is 6.07 Å². The van der Waals surface area contributed by atoms with E-state index in [2.05, 4.69) is 0 Å². The molecule has 6 heteroatoms. The van der Waals surface area contributed by atoms with Crippen LogP contribution >= 0.6 is 11.3 Å². The minimum absolute atomic E-state index is 0.143. The zero-order chi connectivity index (χ0) is 14.4. The lowest BCUT2D eigenvalue weighted by molar-refractivity contribution is 0.458. The summed E-state index contributed by atoms with van der Waals surface area (Å²) in [6.07, 6.45) is 2.07. The molecule has 1 aromatic heterocycles. The Morgan fingerprint density at radius 3 is 2.20 bits per heavy atom. The zero-order valence-corrected chi connectivity index (χ0v) is 11.1. The van der Waals surface area contributed by atoms with Crippen molar-refractivity contribution < 1.29 is 17.6 Å². The smallest absolute Gasteiger partial charge is 0.170 e. The Morgan fingerprint density at radius 2 is 1.65 bits per heavy atom. The summed E-state index contributed by atoms with van der Waals surface area (Å²) >= 11 is 1.07. The van der Waals surface area contributed by atoms with Gasteiger partial charge in [0, 0.05) is 21.9 Å². The molecule has 0 amide bonds. The van der Waals surface area contributed by atoms with E-state index in [1.165, 1.54) is 6.07 Å². The fraction of sp³-hybridized carbons (Fsp3) is 0.286. The molecule has 106 valence electrons. The Labute approximate surface area is 117 Å². The normalized spacial score (nSPS) is 16.4. The van der Waals surface area contributed by atoms with Crippen molar-refractivity contribution >= 4 is 11.3 Å². The molecule has 1 unspecified atom stereocenters. The second-order valence-electron chi connectivity index (χ2n) is 4.91. The monoisotopic (exact) mass is 301 g/mol. The van der Waals surface area contributed by atoms with Crippen molar-refractivity contribution in [2.24, 2.45) is 11.7 Å². The van der Waals surface area contributed by atoms with Crippen molar-refractivity contribution in [2.75, 3.05) is 0 Å². The number of rotatable bonds is 3. The molecule has 1 aromatic carbocycles. The molecule has 0 aliphatic heterocycles. The van der Waals surface area contributed by atoms with Gasteiger partial charge in [-0.3, -0.25) is 0 Å². The number of benzene rings is 1. The van der Waals surface area contributed by atoms with Crippen LogP contribution in [0.1, 0.15) is 23.8 Å². The molecule has 20 heavy (non-hydrogen) atoms. The van der Waals surface area contributed by atoms with E-state index >= 15 is 0 Å². The van der Waals surface area contributed by atoms with Crippen molar-refractivity contribution in [1.82, 2.24) is 0 Å². The number of hydrogen-bond acceptors (Lipinski definition) is 2. The first-order valence-electron chi connectivity index (χ1n) is 6.17. The van der Waals surface area contributed by atoms with Gasteiger partial charge in [-0.25, -0.2) is 17.6 Å². The van der Waals surface area contributed by atoms with Crippen LogP contribution in [-0.4, -0.2) is 0 Å². The Hall–Kier alpha value is -1.40. The van der Waals surface area contributed by atoms with Crippen LogP contribution in [0.3, 0.4) is 0 Å². The summed E-state index contributed by atoms with van der Waals surface area (Å²) < 4.78 is 53.8. The number of hydrogen-bond donors (Lipinski definition) is 1. The van der Waals surface area contributed by atoms with E-state index in [0.717, 1.165) is 29.1 Å². The quantitative estimate of drug-likeness (QED) is 0.660. The summed E-state index contributed by atoms with van der Waals surface area (Å²) in [5.41, 5.74) is 5.34. The summed E-state index contributed by atoms with van der Waals surface area (Å²) in [5.74, 6) is -5.17. The topological polar surface area (TPSA) is 26.0 Å². The van der Waals surface area contributed by atoms with Gasteiger partial charge < -0.3 is 5.73 Å². The van der Waals surface area contributed by atoms with Gasteiger partial charge in [0.15, 0.2) is 23.3 Å². The van der Waals surface area contributed by atoms with Gasteiger partial charge in [-0.15, -0.1) is 11.3 Å². The van der Waals surface area contributed by atoms with Gasteiger partial charge in [0.05, 0.1) is 5.56 Å². The Bertz CT molecular complexity index is 637. The van der Waals surface area contributed by atoms with Gasteiger partial charge in [-0.05, 0) is 30.9 Å². The van der Waals surface area contributed by atoms with Crippen LogP contribution in [0.25, 0.3) is 10.4 Å². The van der Waals surface area contributed by atoms with E-state index in [1.807, 2.05) is 0 Å². The van der Waals surface area contributed by atoms with Crippen LogP contribution in [0.15, 0.2) is 18.2 Å². The third-order valence-electron chi connectivity index (χ3n) is 3.44. The van der Waals surface area contributed by atoms with Crippen LogP contribution in [0, 0.1) is 29.2 Å². The molecule has 0 saturated heterocycles. The van der Waals surface area contributed by atoms with Crippen LogP contribution in [0.5, 0.6) is 0 Å². The highest BCUT2D eigenvalue weighted by Crippen LogP contribution is 2.43. The second kappa shape index (κ2) is 4.86. The molecule has 1 atom stereocenters. The summed E-state index contributed by atoms with van der Waals surface area (Å²) in [6, 6.07) is 3.13. The second-order valence-corrected chi connectivity index (χ2v) is 6.02. The molecule has 2 aromatic rings. The summed E-state index contributed by atoms with van der Waals surface area (Å²) in [5, 5.41) is 0. The van der Waals surface area contributed by atoms with Crippen molar-refractivity contribution in [3.05, 3.63) is 46.3 Å². The number of thiophene rings is 1. The van der Waals surface area contributed by atoms with Crippen molar-refractivity contribution in [1.29, 1.82) is 0 Å². The van der Waals surface area contributed by atoms with Crippen molar-refractivity contribution in [3.8, 4) is 10.4 Å². The van der Waals surface area contributed by atoms with Gasteiger partial charge in [0.2, 0.25) is 0 Å². The highest BCUT2D eigenvalue weighted by molar-refractivity contribution is 7.15. The minimum atomic E-state index is -1.40. The highest BCUT2D eigenvalue weighted by atomic mass is 32.1. The van der Waals surface area contributed by atoms with E-state index < -0.39 is 28.8 Å². The Morgan fingerprint density at radius 1 is 1.05 bits per heavy atom. The van der Waals surface area contributed by atoms with Gasteiger partial charge in [-0.2, -0.15) is 0 Å². The molecular formula is C14H11F4NS. The molecule has 1 aliphatic rings. The van der Waals surface area contributed by atoms with Crippen molar-refractivity contribution in [2.45, 2.75) is 18.9 Å². The molecule has 1 heterocycles. The minimum Gasteiger partial charge on any atom is -0.323 e. The molecule has 2 N–H and O–H groups in total. The van der Waals surface area contributed by atoms with Gasteiger partial charge in [-0.1, -0.05) is 0 Å². The predicted molar refractivity (Wildman–Crippen MR) is 69.2 cm³/mol. The number of nitrogens with two attached hydrogens (primary N) is 1. The molecule has 1 aliphatic carbocycles. The van der Waals surface area contributed by atoms with Gasteiger partial charge in [0.1, 0.15) is 0 Å². The van der Waals surface area contributed by atoms with Gasteiger partial charge in [0.25, 0.3) is 0 Å². The van der Waals surface area contributed by atoms with Crippen LogP contribution in [0.2, 0.25) is 0 Å². The Kier molecular flexibility index (Phi) is 3.30. The summed E-state index contributed by atoms with van der Waals surface area (Å²) in [4.78, 5) is 0.912. The lowest BCUT2D eigenvalue weighted by Crippen LogP contribution is -2.10. The summed E-state index contributed by atoms with van der Waals surface area (Å²) in [6.45, 7) is 0. The first-order valence-corrected chi connectivity index (χ1v) is 6.99. The van der Waals surface area contributed by atoms with Gasteiger partial charge >= 0.3 is 0 Å². The summed E-state index contributed by atoms with van der Waals surface area (Å²) in [7, 11) is 0. The van der Waals surface area contributed by atoms with Crippen LogP contribution in [-0.2, 0) is 0 Å². The highest BCUT2D eigenvalue weighted by Gasteiger charge is 2.31. The molecule has 3 rings (SSSR count). The molecule has 1 fully saturated rings. The number of halogens is 4. The molecule has 1 saturated carbocycles. The van der Waals surface area contributed by atoms with Crippen LogP contribution < -0.4 is 5.73 Å². The van der Waals surface area contributed by atoms with E-state index in [0.29, 0.717) is 5.92 Å². The standard InChI is InChI=1S/C14H11F4NS/c15-7-5-8(16)13(18)11(12(7)17)9-3-4-10(20-9)14(19)6-1-2-6/h3-6,14H,1-2,19H2. The maximum Gasteiger partial charge on any atom is 0.170 e. The first kappa shape index (κ1) is 13.6. The molecule has 0 spiro atoms. The van der Waals surface area contributed by atoms with E-state index in [-0.39, 0.29) is 17.0 Å². The fourth-order valence-corrected chi connectivity index (χ4v) is 3.28. The van der Waals surface area contributed by atoms with Crippen molar-refractivity contribution in [3.63, 3.8) is 0 Å². The first-order chi connectivity index (χ1) is 9.49. The predicted octanol–water partition coefficient (Wildman–Crippen LogP) is 4.38.